The van der Waals surface area contributed by atoms with Gasteiger partial charge < -0.3 is 4.42 Å². The Morgan fingerprint density at radius 3 is 2.75 bits per heavy atom. The molecule has 1 atom stereocenters. The van der Waals surface area contributed by atoms with Crippen molar-refractivity contribution in [2.45, 2.75) is 6.04 Å². The van der Waals surface area contributed by atoms with Crippen molar-refractivity contribution >= 4 is 15.9 Å². The van der Waals surface area contributed by atoms with Crippen molar-refractivity contribution in [3.8, 4) is 0 Å². The average molecular weight is 285 g/mol. The third kappa shape index (κ3) is 2.16. The van der Waals surface area contributed by atoms with E-state index in [9.17, 15) is 4.39 Å². The fourth-order valence-corrected chi connectivity index (χ4v) is 1.74. The number of nitrogens with two attached hydrogens (primary N) is 1. The van der Waals surface area contributed by atoms with Gasteiger partial charge in [0.05, 0.1) is 10.7 Å². The van der Waals surface area contributed by atoms with Crippen LogP contribution in [0.2, 0.25) is 0 Å². The number of furan rings is 1. The fourth-order valence-electron chi connectivity index (χ4n) is 1.49. The lowest BCUT2D eigenvalue weighted by atomic mass is 10.1. The van der Waals surface area contributed by atoms with Crippen molar-refractivity contribution in [1.29, 1.82) is 0 Å². The second-order valence-corrected chi connectivity index (χ2v) is 4.14. The van der Waals surface area contributed by atoms with E-state index in [1.807, 2.05) is 0 Å². The molecule has 0 saturated carbocycles. The molecule has 1 heterocycles. The highest BCUT2D eigenvalue weighted by Gasteiger charge is 2.16. The molecule has 0 spiro atoms. The van der Waals surface area contributed by atoms with Crippen LogP contribution in [0.4, 0.5) is 4.39 Å². The first kappa shape index (κ1) is 11.3. The van der Waals surface area contributed by atoms with Crippen LogP contribution in [-0.4, -0.2) is 0 Å². The maximum Gasteiger partial charge on any atom is 0.137 e. The van der Waals surface area contributed by atoms with Crippen LogP contribution >= 0.6 is 15.9 Å². The molecule has 1 aromatic heterocycles. The van der Waals surface area contributed by atoms with E-state index in [1.54, 1.807) is 30.5 Å². The summed E-state index contributed by atoms with van der Waals surface area (Å²) in [5.41, 5.74) is 3.30. The Labute approximate surface area is 101 Å². The lowest BCUT2D eigenvalue weighted by molar-refractivity contribution is 0.451. The zero-order valence-electron chi connectivity index (χ0n) is 8.28. The molecule has 0 saturated heterocycles. The Hall–Kier alpha value is -1.17. The third-order valence-electron chi connectivity index (χ3n) is 2.27. The lowest BCUT2D eigenvalue weighted by Gasteiger charge is -2.13. The van der Waals surface area contributed by atoms with Gasteiger partial charge in [-0.2, -0.15) is 0 Å². The average Bonchev–Trinajstić information content (AvgIpc) is 2.78. The highest BCUT2D eigenvalue weighted by Crippen LogP contribution is 2.25. The van der Waals surface area contributed by atoms with Gasteiger partial charge in [0.1, 0.15) is 17.6 Å². The zero-order valence-corrected chi connectivity index (χ0v) is 9.87. The molecule has 0 amide bonds. The SMILES string of the molecule is NNC(c1ccc(Br)c(F)c1)c1ccco1. The number of hydrogen-bond donors (Lipinski definition) is 2. The van der Waals surface area contributed by atoms with E-state index in [-0.39, 0.29) is 11.9 Å². The summed E-state index contributed by atoms with van der Waals surface area (Å²) in [6, 6.07) is 8.02. The van der Waals surface area contributed by atoms with E-state index in [4.69, 9.17) is 10.3 Å². The summed E-state index contributed by atoms with van der Waals surface area (Å²) in [4.78, 5) is 0. The normalized spacial score (nSPS) is 12.7. The molecule has 2 rings (SSSR count). The first-order valence-electron chi connectivity index (χ1n) is 4.67. The van der Waals surface area contributed by atoms with Gasteiger partial charge in [-0.3, -0.25) is 5.84 Å². The number of rotatable bonds is 3. The van der Waals surface area contributed by atoms with E-state index in [0.717, 1.165) is 0 Å². The summed E-state index contributed by atoms with van der Waals surface area (Å²) in [7, 11) is 0. The van der Waals surface area contributed by atoms with Gasteiger partial charge in [-0.15, -0.1) is 0 Å². The minimum absolute atomic E-state index is 0.329. The fraction of sp³-hybridized carbons (Fsp3) is 0.0909. The molecule has 1 aromatic carbocycles. The van der Waals surface area contributed by atoms with Gasteiger partial charge in [0.2, 0.25) is 0 Å². The third-order valence-corrected chi connectivity index (χ3v) is 2.91. The monoisotopic (exact) mass is 284 g/mol. The highest BCUT2D eigenvalue weighted by molar-refractivity contribution is 9.10. The second-order valence-electron chi connectivity index (χ2n) is 3.29. The molecule has 5 heteroatoms. The minimum atomic E-state index is -0.349. The van der Waals surface area contributed by atoms with Gasteiger partial charge in [-0.1, -0.05) is 6.07 Å². The largest absolute Gasteiger partial charge is 0.467 e. The van der Waals surface area contributed by atoms with Crippen LogP contribution in [0.15, 0.2) is 45.5 Å². The number of benzene rings is 1. The molecule has 16 heavy (non-hydrogen) atoms. The number of hydrogen-bond acceptors (Lipinski definition) is 3. The van der Waals surface area contributed by atoms with Crippen LogP contribution in [-0.2, 0) is 0 Å². The first-order chi connectivity index (χ1) is 7.72. The van der Waals surface area contributed by atoms with E-state index >= 15 is 0 Å². The first-order valence-corrected chi connectivity index (χ1v) is 5.46. The van der Waals surface area contributed by atoms with Crippen LogP contribution < -0.4 is 11.3 Å². The Kier molecular flexibility index (Phi) is 3.38. The molecule has 0 aliphatic heterocycles. The van der Waals surface area contributed by atoms with Crippen molar-refractivity contribution < 1.29 is 8.81 Å². The molecule has 2 aromatic rings. The van der Waals surface area contributed by atoms with Gasteiger partial charge in [-0.05, 0) is 45.8 Å². The predicted octanol–water partition coefficient (Wildman–Crippen LogP) is 2.73. The number of halogens is 2. The summed E-state index contributed by atoms with van der Waals surface area (Å²) in [5, 5.41) is 0. The van der Waals surface area contributed by atoms with Gasteiger partial charge >= 0.3 is 0 Å². The molecular weight excluding hydrogens is 275 g/mol. The van der Waals surface area contributed by atoms with Gasteiger partial charge in [0.15, 0.2) is 0 Å². The molecule has 1 unspecified atom stereocenters. The molecule has 0 aliphatic rings. The molecule has 0 bridgehead atoms. The van der Waals surface area contributed by atoms with Crippen molar-refractivity contribution in [2.24, 2.45) is 5.84 Å². The quantitative estimate of drug-likeness (QED) is 0.673. The smallest absolute Gasteiger partial charge is 0.137 e. The second kappa shape index (κ2) is 4.78. The Morgan fingerprint density at radius 2 is 2.19 bits per heavy atom. The molecule has 3 N–H and O–H groups in total. The van der Waals surface area contributed by atoms with Crippen molar-refractivity contribution in [1.82, 2.24) is 5.43 Å². The summed E-state index contributed by atoms with van der Waals surface area (Å²) in [6.07, 6.45) is 1.55. The maximum absolute atomic E-state index is 13.4. The van der Waals surface area contributed by atoms with Gasteiger partial charge in [-0.25, -0.2) is 9.82 Å². The molecule has 0 fully saturated rings. The maximum atomic E-state index is 13.4. The van der Waals surface area contributed by atoms with Crippen LogP contribution in [0.1, 0.15) is 17.4 Å². The van der Waals surface area contributed by atoms with E-state index in [0.29, 0.717) is 15.8 Å². The van der Waals surface area contributed by atoms with Crippen molar-refractivity contribution in [3.05, 3.63) is 58.2 Å². The van der Waals surface area contributed by atoms with E-state index in [2.05, 4.69) is 21.4 Å². The summed E-state index contributed by atoms with van der Waals surface area (Å²) in [6.45, 7) is 0. The molecular formula is C11H10BrFN2O. The van der Waals surface area contributed by atoms with E-state index < -0.39 is 0 Å². The molecule has 84 valence electrons. The predicted molar refractivity (Wildman–Crippen MR) is 62.0 cm³/mol. The minimum Gasteiger partial charge on any atom is -0.467 e. The van der Waals surface area contributed by atoms with Gasteiger partial charge in [0.25, 0.3) is 0 Å². The molecule has 0 aliphatic carbocycles. The van der Waals surface area contributed by atoms with Crippen LogP contribution in [0.5, 0.6) is 0 Å². The molecule has 0 radical (unpaired) electrons. The molecule has 3 nitrogen and oxygen atoms in total. The van der Waals surface area contributed by atoms with Crippen LogP contribution in [0.3, 0.4) is 0 Å². The summed E-state index contributed by atoms with van der Waals surface area (Å²) >= 11 is 3.10. The Morgan fingerprint density at radius 1 is 1.38 bits per heavy atom. The Balaban J connectivity index is 2.37. The van der Waals surface area contributed by atoms with Crippen LogP contribution in [0.25, 0.3) is 0 Å². The Bertz CT molecular complexity index is 473. The number of hydrazine groups is 1. The van der Waals surface area contributed by atoms with E-state index in [1.165, 1.54) is 6.07 Å². The standard InChI is InChI=1S/C11H10BrFN2O/c12-8-4-3-7(6-9(8)13)11(15-14)10-2-1-5-16-10/h1-6,11,15H,14H2. The van der Waals surface area contributed by atoms with Gasteiger partial charge in [0, 0.05) is 0 Å². The van der Waals surface area contributed by atoms with Crippen molar-refractivity contribution in [2.75, 3.05) is 0 Å². The van der Waals surface area contributed by atoms with Crippen molar-refractivity contribution in [3.63, 3.8) is 0 Å². The lowest BCUT2D eigenvalue weighted by Crippen LogP contribution is -2.28. The number of nitrogens with one attached hydrogen (secondary N) is 1. The summed E-state index contributed by atoms with van der Waals surface area (Å²) in [5.74, 6) is 5.75. The topological polar surface area (TPSA) is 51.2 Å². The highest BCUT2D eigenvalue weighted by atomic mass is 79.9. The zero-order chi connectivity index (χ0) is 11.5. The van der Waals surface area contributed by atoms with Crippen LogP contribution in [0, 0.1) is 5.82 Å². The summed E-state index contributed by atoms with van der Waals surface area (Å²) < 4.78 is 19.0.